The summed E-state index contributed by atoms with van der Waals surface area (Å²) in [6.45, 7) is 0. The summed E-state index contributed by atoms with van der Waals surface area (Å²) in [5, 5.41) is 0. The van der Waals surface area contributed by atoms with Crippen LogP contribution < -0.4 is 0 Å². The van der Waals surface area contributed by atoms with E-state index in [2.05, 4.69) is 7.33 Å². The Kier molecular flexibility index (Phi) is 75.3. The molecular weight excluding hydrogens is 369 g/mol. The largest absolute Gasteiger partial charge is 0 e. The summed E-state index contributed by atoms with van der Waals surface area (Å²) in [4.78, 5) is 0. The van der Waals surface area contributed by atoms with Crippen molar-refractivity contribution < 1.29 is 56.9 Å². The first-order valence-electron chi connectivity index (χ1n) is 0.236. The molecule has 1 atom stereocenters. The fourth-order valence-electron chi connectivity index (χ4n) is 0. The third-order valence-electron chi connectivity index (χ3n) is 0. The van der Waals surface area contributed by atoms with E-state index in [-0.39, 0.29) is 37.6 Å². The molecule has 0 aliphatic heterocycles. The zero-order valence-electron chi connectivity index (χ0n) is 1.71. The van der Waals surface area contributed by atoms with Gasteiger partial charge in [-0.3, -0.25) is 0 Å². The van der Waals surface area contributed by atoms with Crippen molar-refractivity contribution >= 4 is 7.33 Å². The maximum Gasteiger partial charge on any atom is 0 e. The fraction of sp³-hybridized carbons (Fsp3) is 0. The van der Waals surface area contributed by atoms with Gasteiger partial charge < -0.3 is 0 Å². The second kappa shape index (κ2) is 18.5. The van der Waals surface area contributed by atoms with E-state index >= 15 is 0 Å². The Balaban J connectivity index is -0.00000000500. The van der Waals surface area contributed by atoms with E-state index in [9.17, 15) is 0 Å². The first-order chi connectivity index (χ1) is 1.00. The van der Waals surface area contributed by atoms with Crippen molar-refractivity contribution in [2.24, 2.45) is 0 Å². The Bertz CT molecular complexity index is 8.00. The summed E-state index contributed by atoms with van der Waals surface area (Å²) in [7, 11) is 2.43. The second-order valence-electron chi connectivity index (χ2n) is 0. The van der Waals surface area contributed by atoms with Gasteiger partial charge in [0.15, 0.2) is 0 Å². The van der Waals surface area contributed by atoms with Crippen LogP contribution in [0.15, 0.2) is 0 Å². The molecule has 0 saturated heterocycles. The molecule has 0 bridgehead atoms. The first kappa shape index (κ1) is 16.3. The van der Waals surface area contributed by atoms with Gasteiger partial charge in [0.1, 0.15) is 0 Å². The van der Waals surface area contributed by atoms with Gasteiger partial charge in [-0.2, -0.15) is 0 Å². The van der Waals surface area contributed by atoms with Gasteiger partial charge in [-0.15, -0.1) is 0 Å². The molecule has 0 aliphatic carbocycles. The van der Waals surface area contributed by atoms with Crippen LogP contribution in [0, 0.1) is 0 Å². The summed E-state index contributed by atoms with van der Waals surface area (Å²) in [6, 6.07) is 0. The summed E-state index contributed by atoms with van der Waals surface area (Å²) in [5.41, 5.74) is 0. The molecule has 0 fully saturated rings. The van der Waals surface area contributed by atoms with Gasteiger partial charge in [0.05, 0.1) is 0 Å². The third kappa shape index (κ3) is 8.85. The molecule has 29 valence electrons. The van der Waals surface area contributed by atoms with E-state index in [4.69, 9.17) is 0 Å². The van der Waals surface area contributed by atoms with E-state index in [1.165, 1.54) is 0 Å². The van der Waals surface area contributed by atoms with Gasteiger partial charge in [0, 0.05) is 37.6 Å². The molecule has 0 rings (SSSR count). The van der Waals surface area contributed by atoms with Crippen LogP contribution >= 0.6 is 7.33 Å². The van der Waals surface area contributed by atoms with Crippen molar-refractivity contribution in [2.75, 3.05) is 0 Å². The Hall–Kier alpha value is 2.30. The minimum atomic E-state index is 0. The molecule has 0 aliphatic rings. The maximum absolute atomic E-state index is 2.43. The van der Waals surface area contributed by atoms with Crippen LogP contribution in [-0.2, 0) is 56.9 Å². The van der Waals surface area contributed by atoms with Gasteiger partial charge in [-0.05, 0) is 0 Å². The zero-order chi connectivity index (χ0) is 2.00. The number of hydrogen-bond acceptors (Lipinski definition) is 0. The molecule has 0 nitrogen and oxygen atoms in total. The number of rotatable bonds is 0. The van der Waals surface area contributed by atoms with Crippen molar-refractivity contribution in [1.29, 1.82) is 0 Å². The summed E-state index contributed by atoms with van der Waals surface area (Å²) >= 11 is 1.87. The summed E-state index contributed by atoms with van der Waals surface area (Å²) in [6.07, 6.45) is 0. The topological polar surface area (TPSA) is 0 Å². The molecule has 0 aromatic rings. The van der Waals surface area contributed by atoms with Crippen LogP contribution in [0.4, 0.5) is 0 Å². The SMILES string of the molecule is [Ni].[PH2][Mo].[W]. The smallest absolute Gasteiger partial charge is 0 e. The quantitative estimate of drug-likeness (QED) is 0.425. The van der Waals surface area contributed by atoms with Crippen molar-refractivity contribution in [3.05, 3.63) is 0 Å². The van der Waals surface area contributed by atoms with E-state index in [1.54, 1.807) is 0 Å². The molecule has 0 saturated carbocycles. The van der Waals surface area contributed by atoms with Crippen molar-refractivity contribution in [1.82, 2.24) is 0 Å². The molecule has 0 spiro atoms. The summed E-state index contributed by atoms with van der Waals surface area (Å²) in [5.74, 6) is 0. The van der Waals surface area contributed by atoms with Gasteiger partial charge >= 0.3 is 26.6 Å². The minimum Gasteiger partial charge on any atom is 0 e. The number of hydrogen-bond donors (Lipinski definition) is 0. The van der Waals surface area contributed by atoms with Crippen molar-refractivity contribution in [2.45, 2.75) is 0 Å². The van der Waals surface area contributed by atoms with Gasteiger partial charge in [-0.1, -0.05) is 0 Å². The van der Waals surface area contributed by atoms with E-state index in [0.29, 0.717) is 0 Å². The molecule has 1 unspecified atom stereocenters. The van der Waals surface area contributed by atoms with Gasteiger partial charge in [-0.25, -0.2) is 0 Å². The Morgan fingerprint density at radius 1 is 1.25 bits per heavy atom. The van der Waals surface area contributed by atoms with Crippen LogP contribution in [0.5, 0.6) is 0 Å². The van der Waals surface area contributed by atoms with Gasteiger partial charge in [0.25, 0.3) is 0 Å². The zero-order valence-corrected chi connectivity index (χ0v) is 8.79. The van der Waals surface area contributed by atoms with Crippen LogP contribution in [0.25, 0.3) is 0 Å². The predicted molar refractivity (Wildman–Crippen MR) is 9.71 cm³/mol. The fourth-order valence-corrected chi connectivity index (χ4v) is 0. The molecule has 4 heavy (non-hydrogen) atoms. The van der Waals surface area contributed by atoms with E-state index in [0.717, 1.165) is 0 Å². The van der Waals surface area contributed by atoms with Crippen LogP contribution in [0.3, 0.4) is 0 Å². The Labute approximate surface area is 63.6 Å². The average molecular weight is 371 g/mol. The van der Waals surface area contributed by atoms with Crippen molar-refractivity contribution in [3.8, 4) is 0 Å². The third-order valence-corrected chi connectivity index (χ3v) is 0. The Morgan fingerprint density at radius 3 is 1.25 bits per heavy atom. The maximum atomic E-state index is 2.43. The standard InChI is InChI=1S/Mo.Ni.H2P.W/h;;1H2;/q+1;;-1;. The molecule has 0 heterocycles. The van der Waals surface area contributed by atoms with Crippen LogP contribution in [0.1, 0.15) is 0 Å². The normalized spacial score (nSPS) is 1.25. The average Bonchev–Trinajstić information content (AvgIpc) is 1.00. The minimum absolute atomic E-state index is 0. The molecule has 0 aromatic carbocycles. The summed E-state index contributed by atoms with van der Waals surface area (Å²) < 4.78 is 0. The molecule has 0 aromatic heterocycles. The van der Waals surface area contributed by atoms with E-state index < -0.39 is 0 Å². The van der Waals surface area contributed by atoms with Crippen LogP contribution in [-0.4, -0.2) is 0 Å². The van der Waals surface area contributed by atoms with Crippen molar-refractivity contribution in [3.63, 3.8) is 0 Å². The first-order valence-corrected chi connectivity index (χ1v) is 4.18. The predicted octanol–water partition coefficient (Wildman–Crippen LogP) is 0.318. The van der Waals surface area contributed by atoms with Gasteiger partial charge in [0.2, 0.25) is 0 Å². The molecular formula is H2MoNiPW. The van der Waals surface area contributed by atoms with E-state index in [1.807, 2.05) is 19.3 Å². The Morgan fingerprint density at radius 2 is 1.25 bits per heavy atom. The second-order valence-corrected chi connectivity index (χ2v) is 0. The molecule has 0 radical (unpaired) electrons. The molecule has 0 amide bonds. The van der Waals surface area contributed by atoms with Crippen LogP contribution in [0.2, 0.25) is 0 Å². The monoisotopic (exact) mass is 373 g/mol. The molecule has 0 N–H and O–H groups in total. The molecule has 4 heteroatoms.